The van der Waals surface area contributed by atoms with Crippen LogP contribution in [0.4, 0.5) is 0 Å². The highest BCUT2D eigenvalue weighted by molar-refractivity contribution is 9.10. The van der Waals surface area contributed by atoms with E-state index in [-0.39, 0.29) is 5.56 Å². The molecule has 2 aromatic carbocycles. The quantitative estimate of drug-likeness (QED) is 0.467. The molecule has 2 aromatic heterocycles. The Morgan fingerprint density at radius 2 is 1.71 bits per heavy atom. The number of aromatic nitrogens is 2. The summed E-state index contributed by atoms with van der Waals surface area (Å²) in [5.74, 6) is 0. The van der Waals surface area contributed by atoms with Crippen LogP contribution < -0.4 is 5.56 Å². The predicted molar refractivity (Wildman–Crippen MR) is 104 cm³/mol. The zero-order valence-electron chi connectivity index (χ0n) is 13.8. The molecule has 0 saturated heterocycles. The van der Waals surface area contributed by atoms with Gasteiger partial charge in [-0.25, -0.2) is 0 Å². The van der Waals surface area contributed by atoms with Crippen molar-refractivity contribution < 1.29 is 0 Å². The third-order valence-corrected chi connectivity index (χ3v) is 5.13. The lowest BCUT2D eigenvalue weighted by Gasteiger charge is -2.08. The number of pyridine rings is 1. The number of rotatable bonds is 1. The van der Waals surface area contributed by atoms with Crippen LogP contribution in [0.15, 0.2) is 57.8 Å². The summed E-state index contributed by atoms with van der Waals surface area (Å²) in [6, 6.07) is 16.3. The summed E-state index contributed by atoms with van der Waals surface area (Å²) < 4.78 is 4.81. The van der Waals surface area contributed by atoms with E-state index >= 15 is 0 Å². The van der Waals surface area contributed by atoms with Crippen molar-refractivity contribution in [3.63, 3.8) is 0 Å². The number of aryl methyl sites for hydroxylation is 3. The minimum Gasteiger partial charge on any atom is -0.330 e. The summed E-state index contributed by atoms with van der Waals surface area (Å²) in [4.78, 5) is 12.9. The standard InChI is InChI=1S/C20H17BrN2O/c1-12-7-8-18-16(9-12)17-11-15(13-5-4-6-14(21)10-13)20(24)23(3)19(17)22(18)2/h4-11H,1-3H3. The molecule has 4 rings (SSSR count). The average molecular weight is 381 g/mol. The Hall–Kier alpha value is -2.33. The fourth-order valence-electron chi connectivity index (χ4n) is 3.47. The first-order valence-electron chi connectivity index (χ1n) is 7.82. The first kappa shape index (κ1) is 15.2. The molecule has 0 aliphatic carbocycles. The van der Waals surface area contributed by atoms with Crippen molar-refractivity contribution in [2.24, 2.45) is 14.1 Å². The van der Waals surface area contributed by atoms with Gasteiger partial charge < -0.3 is 4.57 Å². The number of hydrogen-bond donors (Lipinski definition) is 0. The van der Waals surface area contributed by atoms with Gasteiger partial charge in [0.25, 0.3) is 5.56 Å². The van der Waals surface area contributed by atoms with Crippen molar-refractivity contribution in [3.05, 3.63) is 68.9 Å². The van der Waals surface area contributed by atoms with E-state index < -0.39 is 0 Å². The predicted octanol–water partition coefficient (Wildman–Crippen LogP) is 4.77. The van der Waals surface area contributed by atoms with Crippen LogP contribution in [0, 0.1) is 6.92 Å². The molecule has 4 heteroatoms. The summed E-state index contributed by atoms with van der Waals surface area (Å²) in [6.07, 6.45) is 0. The lowest BCUT2D eigenvalue weighted by Crippen LogP contribution is -2.20. The molecule has 0 spiro atoms. The van der Waals surface area contributed by atoms with Crippen LogP contribution in [-0.4, -0.2) is 9.13 Å². The second-order valence-corrected chi connectivity index (χ2v) is 7.17. The molecule has 0 amide bonds. The molecular formula is C20H17BrN2O. The summed E-state index contributed by atoms with van der Waals surface area (Å²) in [7, 11) is 3.86. The normalized spacial score (nSPS) is 11.5. The van der Waals surface area contributed by atoms with E-state index in [4.69, 9.17) is 0 Å². The molecule has 0 saturated carbocycles. The third kappa shape index (κ3) is 2.13. The minimum absolute atomic E-state index is 0.0169. The zero-order chi connectivity index (χ0) is 17.0. The molecule has 3 nitrogen and oxygen atoms in total. The lowest BCUT2D eigenvalue weighted by molar-refractivity contribution is 0.846. The third-order valence-electron chi connectivity index (χ3n) is 4.64. The Bertz CT molecular complexity index is 1170. The number of hydrogen-bond acceptors (Lipinski definition) is 1. The molecule has 0 radical (unpaired) electrons. The van der Waals surface area contributed by atoms with E-state index in [1.54, 1.807) is 4.57 Å². The van der Waals surface area contributed by atoms with Gasteiger partial charge in [-0.05, 0) is 42.8 Å². The lowest BCUT2D eigenvalue weighted by atomic mass is 10.0. The van der Waals surface area contributed by atoms with Gasteiger partial charge in [-0.2, -0.15) is 0 Å². The van der Waals surface area contributed by atoms with Crippen LogP contribution in [0.3, 0.4) is 0 Å². The fraction of sp³-hybridized carbons (Fsp3) is 0.150. The van der Waals surface area contributed by atoms with Gasteiger partial charge in [0.05, 0.1) is 5.52 Å². The molecule has 0 unspecified atom stereocenters. The topological polar surface area (TPSA) is 26.9 Å². The van der Waals surface area contributed by atoms with E-state index in [2.05, 4.69) is 45.6 Å². The van der Waals surface area contributed by atoms with E-state index in [1.165, 1.54) is 10.9 Å². The van der Waals surface area contributed by atoms with Crippen molar-refractivity contribution in [2.75, 3.05) is 0 Å². The fourth-order valence-corrected chi connectivity index (χ4v) is 3.87. The largest absolute Gasteiger partial charge is 0.330 e. The summed E-state index contributed by atoms with van der Waals surface area (Å²) >= 11 is 3.49. The molecule has 120 valence electrons. The Kier molecular flexibility index (Phi) is 3.39. The van der Waals surface area contributed by atoms with E-state index in [9.17, 15) is 4.79 Å². The maximum Gasteiger partial charge on any atom is 0.259 e. The van der Waals surface area contributed by atoms with Gasteiger partial charge in [-0.1, -0.05) is 39.7 Å². The van der Waals surface area contributed by atoms with Gasteiger partial charge in [0.15, 0.2) is 0 Å². The van der Waals surface area contributed by atoms with Crippen LogP contribution in [0.2, 0.25) is 0 Å². The second kappa shape index (κ2) is 5.35. The molecule has 4 aromatic rings. The van der Waals surface area contributed by atoms with Crippen molar-refractivity contribution in [3.8, 4) is 11.1 Å². The highest BCUT2D eigenvalue weighted by atomic mass is 79.9. The summed E-state index contributed by atoms with van der Waals surface area (Å²) in [5.41, 5.74) is 4.96. The molecule has 24 heavy (non-hydrogen) atoms. The second-order valence-electron chi connectivity index (χ2n) is 6.25. The molecule has 0 aliphatic rings. The molecule has 0 bridgehead atoms. The number of nitrogens with zero attached hydrogens (tertiary/aromatic N) is 2. The van der Waals surface area contributed by atoms with Crippen LogP contribution in [0.1, 0.15) is 5.56 Å². The maximum atomic E-state index is 12.9. The highest BCUT2D eigenvalue weighted by Crippen LogP contribution is 2.31. The van der Waals surface area contributed by atoms with Gasteiger partial charge >= 0.3 is 0 Å². The van der Waals surface area contributed by atoms with Crippen molar-refractivity contribution >= 4 is 37.9 Å². The van der Waals surface area contributed by atoms with E-state index in [0.717, 1.165) is 32.1 Å². The molecule has 0 atom stereocenters. The Balaban J connectivity index is 2.18. The van der Waals surface area contributed by atoms with Crippen LogP contribution in [0.25, 0.3) is 33.1 Å². The zero-order valence-corrected chi connectivity index (χ0v) is 15.4. The average Bonchev–Trinajstić information content (AvgIpc) is 2.83. The van der Waals surface area contributed by atoms with Crippen molar-refractivity contribution in [1.82, 2.24) is 9.13 Å². The monoisotopic (exact) mass is 380 g/mol. The van der Waals surface area contributed by atoms with Crippen molar-refractivity contribution in [2.45, 2.75) is 6.92 Å². The van der Waals surface area contributed by atoms with Crippen LogP contribution in [-0.2, 0) is 14.1 Å². The highest BCUT2D eigenvalue weighted by Gasteiger charge is 2.15. The number of fused-ring (bicyclic) bond motifs is 3. The molecular weight excluding hydrogens is 364 g/mol. The summed E-state index contributed by atoms with van der Waals surface area (Å²) in [5, 5.41) is 2.28. The smallest absolute Gasteiger partial charge is 0.259 e. The number of benzene rings is 2. The first-order valence-corrected chi connectivity index (χ1v) is 8.61. The molecule has 0 fully saturated rings. The van der Waals surface area contributed by atoms with Gasteiger partial charge in [0.1, 0.15) is 5.65 Å². The van der Waals surface area contributed by atoms with Crippen LogP contribution in [0.5, 0.6) is 0 Å². The van der Waals surface area contributed by atoms with Gasteiger partial charge in [-0.15, -0.1) is 0 Å². The molecule has 2 heterocycles. The van der Waals surface area contributed by atoms with E-state index in [1.807, 2.05) is 44.4 Å². The Labute approximate surface area is 148 Å². The van der Waals surface area contributed by atoms with Gasteiger partial charge in [0.2, 0.25) is 0 Å². The van der Waals surface area contributed by atoms with Crippen LogP contribution >= 0.6 is 15.9 Å². The molecule has 0 aliphatic heterocycles. The Morgan fingerprint density at radius 3 is 2.46 bits per heavy atom. The summed E-state index contributed by atoms with van der Waals surface area (Å²) in [6.45, 7) is 2.09. The maximum absolute atomic E-state index is 12.9. The van der Waals surface area contributed by atoms with E-state index in [0.29, 0.717) is 0 Å². The first-order chi connectivity index (χ1) is 11.5. The molecule has 0 N–H and O–H groups in total. The van der Waals surface area contributed by atoms with Gasteiger partial charge in [0, 0.05) is 34.9 Å². The van der Waals surface area contributed by atoms with Crippen molar-refractivity contribution in [1.29, 1.82) is 0 Å². The number of halogens is 1. The SMILES string of the molecule is Cc1ccc2c(c1)c1cc(-c3cccc(Br)c3)c(=O)n(C)c1n2C. The van der Waals surface area contributed by atoms with Gasteiger partial charge in [-0.3, -0.25) is 9.36 Å². The Morgan fingerprint density at radius 1 is 0.917 bits per heavy atom. The minimum atomic E-state index is 0.0169.